The molecule has 0 unspecified atom stereocenters. The van der Waals surface area contributed by atoms with Crippen molar-refractivity contribution in [3.63, 3.8) is 0 Å². The van der Waals surface area contributed by atoms with Gasteiger partial charge in [0.1, 0.15) is 6.42 Å². The van der Waals surface area contributed by atoms with Crippen LogP contribution in [0.4, 0.5) is 5.69 Å². The zero-order valence-corrected chi connectivity index (χ0v) is 13.1. The van der Waals surface area contributed by atoms with Gasteiger partial charge in [0.15, 0.2) is 12.3 Å². The maximum absolute atomic E-state index is 11.5. The Bertz CT molecular complexity index is 748. The maximum Gasteiger partial charge on any atom is 0.309 e. The number of sulfonamides is 1. The summed E-state index contributed by atoms with van der Waals surface area (Å²) in [7, 11) is -3.76. The van der Waals surface area contributed by atoms with E-state index in [1.54, 1.807) is 12.1 Å². The van der Waals surface area contributed by atoms with Gasteiger partial charge in [-0.3, -0.25) is 4.79 Å². The highest BCUT2D eigenvalue weighted by molar-refractivity contribution is 7.89. The van der Waals surface area contributed by atoms with E-state index in [0.717, 1.165) is 17.0 Å². The van der Waals surface area contributed by atoms with E-state index in [1.165, 1.54) is 6.07 Å². The molecule has 0 aliphatic carbocycles. The minimum absolute atomic E-state index is 0.0177. The third kappa shape index (κ3) is 2.71. The topological polar surface area (TPSA) is 100 Å². The van der Waals surface area contributed by atoms with E-state index in [1.807, 2.05) is 25.3 Å². The highest BCUT2D eigenvalue weighted by Gasteiger charge is 2.43. The summed E-state index contributed by atoms with van der Waals surface area (Å²) >= 11 is 0. The Morgan fingerprint density at radius 1 is 1.38 bits per heavy atom. The van der Waals surface area contributed by atoms with Gasteiger partial charge in [0.25, 0.3) is 0 Å². The normalized spacial score (nSPS) is 17.0. The van der Waals surface area contributed by atoms with Gasteiger partial charge in [-0.1, -0.05) is 0 Å². The van der Waals surface area contributed by atoms with E-state index >= 15 is 0 Å². The zero-order chi connectivity index (χ0) is 16.0. The first-order chi connectivity index (χ1) is 9.55. The summed E-state index contributed by atoms with van der Waals surface area (Å²) in [5.41, 5.74) is 2.31. The lowest BCUT2D eigenvalue weighted by Crippen LogP contribution is -2.27. The molecule has 2 rings (SSSR count). The summed E-state index contributed by atoms with van der Waals surface area (Å²) in [5, 5.41) is 14.0. The number of carboxylic acids is 1. The van der Waals surface area contributed by atoms with Crippen molar-refractivity contribution in [2.75, 3.05) is 6.54 Å². The summed E-state index contributed by atoms with van der Waals surface area (Å²) in [6.45, 7) is 6.24. The van der Waals surface area contributed by atoms with Crippen LogP contribution in [-0.2, 0) is 20.2 Å². The van der Waals surface area contributed by atoms with Crippen molar-refractivity contribution in [2.24, 2.45) is 5.14 Å². The monoisotopic (exact) mass is 311 g/mol. The lowest BCUT2D eigenvalue weighted by atomic mass is 9.82. The first-order valence-corrected chi connectivity index (χ1v) is 8.10. The number of rotatable bonds is 4. The van der Waals surface area contributed by atoms with Crippen molar-refractivity contribution < 1.29 is 22.9 Å². The van der Waals surface area contributed by atoms with Gasteiger partial charge in [-0.2, -0.15) is 4.58 Å². The van der Waals surface area contributed by atoms with Gasteiger partial charge >= 0.3 is 5.97 Å². The molecule has 0 atom stereocenters. The van der Waals surface area contributed by atoms with E-state index in [-0.39, 0.29) is 16.7 Å². The molecule has 6 nitrogen and oxygen atoms in total. The van der Waals surface area contributed by atoms with Gasteiger partial charge in [-0.25, -0.2) is 13.6 Å². The number of hydrogen-bond donors (Lipinski definition) is 2. The molecule has 0 amide bonds. The molecule has 0 aromatic heterocycles. The van der Waals surface area contributed by atoms with E-state index in [4.69, 9.17) is 10.2 Å². The number of hydrogen-bond acceptors (Lipinski definition) is 3. The van der Waals surface area contributed by atoms with Crippen LogP contribution in [0.5, 0.6) is 0 Å². The summed E-state index contributed by atoms with van der Waals surface area (Å²) < 4.78 is 24.9. The zero-order valence-electron chi connectivity index (χ0n) is 12.3. The second-order valence-corrected chi connectivity index (χ2v) is 7.29. The summed E-state index contributed by atoms with van der Waals surface area (Å²) in [6, 6.07) is 4.72. The molecule has 21 heavy (non-hydrogen) atoms. The number of carbonyl (C=O) groups is 1. The fourth-order valence-corrected chi connectivity index (χ4v) is 3.18. The fraction of sp³-hybridized carbons (Fsp3) is 0.429. The van der Waals surface area contributed by atoms with Crippen molar-refractivity contribution >= 4 is 27.4 Å². The number of aliphatic carboxylic acids is 1. The molecule has 0 saturated heterocycles. The molecule has 1 aromatic rings. The Kier molecular flexibility index (Phi) is 3.67. The number of primary sulfonamides is 1. The van der Waals surface area contributed by atoms with E-state index in [0.29, 0.717) is 6.54 Å². The molecule has 0 spiro atoms. The second kappa shape index (κ2) is 4.92. The molecule has 1 aliphatic rings. The smallest absolute Gasteiger partial charge is 0.309 e. The molecule has 0 fully saturated rings. The number of fused-ring (bicyclic) bond motifs is 1. The third-order valence-corrected chi connectivity index (χ3v) is 5.03. The van der Waals surface area contributed by atoms with Crippen molar-refractivity contribution in [1.29, 1.82) is 0 Å². The van der Waals surface area contributed by atoms with Crippen molar-refractivity contribution in [2.45, 2.75) is 37.5 Å². The van der Waals surface area contributed by atoms with E-state index < -0.39 is 16.0 Å². The molecule has 1 aromatic carbocycles. The number of nitrogens with zero attached hydrogens (tertiary/aromatic N) is 1. The molecular weight excluding hydrogens is 292 g/mol. The summed E-state index contributed by atoms with van der Waals surface area (Å²) in [5.74, 6) is -0.866. The van der Waals surface area contributed by atoms with E-state index in [2.05, 4.69) is 0 Å². The van der Waals surface area contributed by atoms with Crippen LogP contribution in [-0.4, -0.2) is 36.3 Å². The van der Waals surface area contributed by atoms with Crippen LogP contribution in [0, 0.1) is 0 Å². The maximum atomic E-state index is 11.5. The average Bonchev–Trinajstić information content (AvgIpc) is 2.54. The van der Waals surface area contributed by atoms with Gasteiger partial charge in [0.2, 0.25) is 15.7 Å². The van der Waals surface area contributed by atoms with E-state index in [9.17, 15) is 13.2 Å². The molecule has 1 heterocycles. The van der Waals surface area contributed by atoms with Crippen molar-refractivity contribution in [3.05, 3.63) is 23.8 Å². The SMILES string of the molecule is CC1=[N+](CCC(=O)O)c2ccc(S(N)(=O)=O)cc2C1(C)C. The highest BCUT2D eigenvalue weighted by atomic mass is 32.2. The average molecular weight is 311 g/mol. The Labute approximate surface area is 124 Å². The second-order valence-electron chi connectivity index (χ2n) is 5.73. The molecule has 1 aliphatic heterocycles. The first kappa shape index (κ1) is 15.7. The number of nitrogens with two attached hydrogens (primary N) is 1. The Morgan fingerprint density at radius 2 is 2.00 bits per heavy atom. The predicted molar refractivity (Wildman–Crippen MR) is 78.6 cm³/mol. The van der Waals surface area contributed by atoms with Gasteiger partial charge in [0, 0.05) is 18.6 Å². The van der Waals surface area contributed by atoms with Crippen LogP contribution in [0.2, 0.25) is 0 Å². The molecule has 0 bridgehead atoms. The van der Waals surface area contributed by atoms with Crippen LogP contribution >= 0.6 is 0 Å². The Morgan fingerprint density at radius 3 is 2.52 bits per heavy atom. The molecule has 3 N–H and O–H groups in total. The standard InChI is InChI=1S/C14H18N2O4S/c1-9-14(2,3)11-8-10(21(15,19)20)4-5-12(11)16(9)7-6-13(17)18/h4-5,8H,6-7H2,1-3H3,(H2-,15,17,18,19,20)/p+1. The summed E-state index contributed by atoms with van der Waals surface area (Å²) in [6.07, 6.45) is 0.0177. The van der Waals surface area contributed by atoms with Crippen LogP contribution < -0.4 is 5.14 Å². The predicted octanol–water partition coefficient (Wildman–Crippen LogP) is 1.20. The van der Waals surface area contributed by atoms with Crippen LogP contribution in [0.15, 0.2) is 23.1 Å². The Hall–Kier alpha value is -1.73. The van der Waals surface area contributed by atoms with Crippen LogP contribution in [0.3, 0.4) is 0 Å². The molecule has 7 heteroatoms. The fourth-order valence-electron chi connectivity index (χ4n) is 2.64. The largest absolute Gasteiger partial charge is 0.481 e. The molecule has 0 saturated carbocycles. The minimum atomic E-state index is -3.76. The van der Waals surface area contributed by atoms with Gasteiger partial charge < -0.3 is 5.11 Å². The van der Waals surface area contributed by atoms with Crippen LogP contribution in [0.25, 0.3) is 0 Å². The molecular formula is C14H19N2O4S+. The van der Waals surface area contributed by atoms with Gasteiger partial charge in [0.05, 0.1) is 10.3 Å². The number of benzene rings is 1. The summed E-state index contributed by atoms with van der Waals surface area (Å²) in [4.78, 5) is 10.9. The highest BCUT2D eigenvalue weighted by Crippen LogP contribution is 2.40. The first-order valence-electron chi connectivity index (χ1n) is 6.56. The quantitative estimate of drug-likeness (QED) is 0.816. The minimum Gasteiger partial charge on any atom is -0.481 e. The number of carboxylic acid groups (broad SMARTS) is 1. The lowest BCUT2D eigenvalue weighted by Gasteiger charge is -2.15. The van der Waals surface area contributed by atoms with Crippen LogP contribution in [0.1, 0.15) is 32.8 Å². The molecule has 114 valence electrons. The van der Waals surface area contributed by atoms with Gasteiger partial charge in [-0.15, -0.1) is 0 Å². The Balaban J connectivity index is 2.55. The third-order valence-electron chi connectivity index (χ3n) is 4.12. The van der Waals surface area contributed by atoms with Crippen molar-refractivity contribution in [1.82, 2.24) is 0 Å². The lowest BCUT2D eigenvalue weighted by molar-refractivity contribution is -0.438. The van der Waals surface area contributed by atoms with Crippen molar-refractivity contribution in [3.8, 4) is 0 Å². The molecule has 0 radical (unpaired) electrons. The van der Waals surface area contributed by atoms with Gasteiger partial charge in [-0.05, 0) is 26.0 Å².